The minimum absolute atomic E-state index is 0.448. The number of aliphatic hydroxyl groups is 1. The molecule has 0 aliphatic heterocycles. The van der Waals surface area contributed by atoms with E-state index in [1.165, 1.54) is 14.2 Å². The van der Waals surface area contributed by atoms with E-state index in [2.05, 4.69) is 13.0 Å². The molecule has 1 rings (SSSR count). The van der Waals surface area contributed by atoms with Gasteiger partial charge in [0.15, 0.2) is 6.29 Å². The SMILES string of the molecule is COC(OC)C(C)(O)C1(C#N)CCCC(C)C1. The molecule has 0 bridgehead atoms. The van der Waals surface area contributed by atoms with Crippen LogP contribution >= 0.6 is 0 Å². The first-order valence-corrected chi connectivity index (χ1v) is 6.12. The molecule has 0 radical (unpaired) electrons. The molecule has 1 aliphatic rings. The molecule has 0 amide bonds. The van der Waals surface area contributed by atoms with Gasteiger partial charge in [0.25, 0.3) is 0 Å². The molecule has 98 valence electrons. The van der Waals surface area contributed by atoms with Crippen molar-refractivity contribution in [2.24, 2.45) is 11.3 Å². The molecule has 4 heteroatoms. The fourth-order valence-electron chi connectivity index (χ4n) is 3.01. The molecule has 0 aromatic heterocycles. The lowest BCUT2D eigenvalue weighted by Gasteiger charge is -2.47. The van der Waals surface area contributed by atoms with Crippen molar-refractivity contribution < 1.29 is 14.6 Å². The van der Waals surface area contributed by atoms with Gasteiger partial charge in [-0.3, -0.25) is 0 Å². The molecule has 17 heavy (non-hydrogen) atoms. The predicted molar refractivity (Wildman–Crippen MR) is 64.1 cm³/mol. The van der Waals surface area contributed by atoms with Gasteiger partial charge in [-0.15, -0.1) is 0 Å². The van der Waals surface area contributed by atoms with Gasteiger partial charge >= 0.3 is 0 Å². The average Bonchev–Trinajstić information content (AvgIpc) is 2.29. The number of hydrogen-bond donors (Lipinski definition) is 1. The third-order valence-electron chi connectivity index (χ3n) is 4.07. The van der Waals surface area contributed by atoms with Gasteiger partial charge < -0.3 is 14.6 Å². The standard InChI is InChI=1S/C13H23NO3/c1-10-6-5-7-13(8-10,9-14)12(2,15)11(16-3)17-4/h10-11,15H,5-8H2,1-4H3. The fraction of sp³-hybridized carbons (Fsp3) is 0.923. The largest absolute Gasteiger partial charge is 0.383 e. The van der Waals surface area contributed by atoms with E-state index in [0.29, 0.717) is 18.8 Å². The van der Waals surface area contributed by atoms with Crippen molar-refractivity contribution >= 4 is 0 Å². The highest BCUT2D eigenvalue weighted by molar-refractivity contribution is 5.13. The Bertz CT molecular complexity index is 294. The Morgan fingerprint density at radius 2 is 2.06 bits per heavy atom. The average molecular weight is 241 g/mol. The molecular formula is C13H23NO3. The number of hydrogen-bond acceptors (Lipinski definition) is 4. The van der Waals surface area contributed by atoms with Crippen molar-refractivity contribution in [1.29, 1.82) is 5.26 Å². The van der Waals surface area contributed by atoms with Gasteiger partial charge in [-0.05, 0) is 25.7 Å². The first kappa shape index (κ1) is 14.4. The van der Waals surface area contributed by atoms with Gasteiger partial charge in [0, 0.05) is 14.2 Å². The topological polar surface area (TPSA) is 62.5 Å². The maximum atomic E-state index is 10.7. The molecular weight excluding hydrogens is 218 g/mol. The van der Waals surface area contributed by atoms with Crippen molar-refractivity contribution in [2.75, 3.05) is 14.2 Å². The Kier molecular flexibility index (Phi) is 4.54. The predicted octanol–water partition coefficient (Wildman–Crippen LogP) is 2.08. The van der Waals surface area contributed by atoms with Gasteiger partial charge in [0.2, 0.25) is 0 Å². The molecule has 1 fully saturated rings. The molecule has 1 aliphatic carbocycles. The number of methoxy groups -OCH3 is 2. The van der Waals surface area contributed by atoms with Crippen LogP contribution in [0.15, 0.2) is 0 Å². The second-order valence-electron chi connectivity index (χ2n) is 5.35. The van der Waals surface area contributed by atoms with Crippen LogP contribution in [0.1, 0.15) is 39.5 Å². The van der Waals surface area contributed by atoms with Crippen molar-refractivity contribution in [2.45, 2.75) is 51.4 Å². The minimum atomic E-state index is -1.29. The van der Waals surface area contributed by atoms with E-state index in [0.717, 1.165) is 12.8 Å². The zero-order valence-electron chi connectivity index (χ0n) is 11.2. The smallest absolute Gasteiger partial charge is 0.186 e. The molecule has 0 saturated heterocycles. The summed E-state index contributed by atoms with van der Waals surface area (Å²) in [5.74, 6) is 0.448. The van der Waals surface area contributed by atoms with E-state index in [-0.39, 0.29) is 0 Å². The molecule has 0 aromatic carbocycles. The Hall–Kier alpha value is -0.630. The monoisotopic (exact) mass is 241 g/mol. The fourth-order valence-corrected chi connectivity index (χ4v) is 3.01. The van der Waals surface area contributed by atoms with Crippen LogP contribution in [-0.2, 0) is 9.47 Å². The van der Waals surface area contributed by atoms with Crippen LogP contribution in [0, 0.1) is 22.7 Å². The van der Waals surface area contributed by atoms with Crippen LogP contribution in [0.25, 0.3) is 0 Å². The van der Waals surface area contributed by atoms with Crippen LogP contribution in [-0.4, -0.2) is 31.2 Å². The quantitative estimate of drug-likeness (QED) is 0.765. The second-order valence-corrected chi connectivity index (χ2v) is 5.35. The van der Waals surface area contributed by atoms with E-state index < -0.39 is 17.3 Å². The molecule has 1 saturated carbocycles. The lowest BCUT2D eigenvalue weighted by molar-refractivity contribution is -0.247. The van der Waals surface area contributed by atoms with Gasteiger partial charge in [-0.1, -0.05) is 19.8 Å². The lowest BCUT2D eigenvalue weighted by atomic mass is 9.62. The van der Waals surface area contributed by atoms with Crippen LogP contribution in [0.5, 0.6) is 0 Å². The van der Waals surface area contributed by atoms with Crippen molar-refractivity contribution in [1.82, 2.24) is 0 Å². The maximum Gasteiger partial charge on any atom is 0.186 e. The highest BCUT2D eigenvalue weighted by atomic mass is 16.7. The zero-order valence-corrected chi connectivity index (χ0v) is 11.2. The van der Waals surface area contributed by atoms with Crippen LogP contribution < -0.4 is 0 Å². The second kappa shape index (κ2) is 5.34. The first-order chi connectivity index (χ1) is 7.93. The number of nitriles is 1. The molecule has 0 spiro atoms. The van der Waals surface area contributed by atoms with E-state index in [9.17, 15) is 10.4 Å². The number of ether oxygens (including phenoxy) is 2. The number of rotatable bonds is 4. The Labute approximate surface area is 104 Å². The summed E-state index contributed by atoms with van der Waals surface area (Å²) in [6.07, 6.45) is 2.70. The van der Waals surface area contributed by atoms with Crippen LogP contribution in [0.3, 0.4) is 0 Å². The molecule has 4 nitrogen and oxygen atoms in total. The summed E-state index contributed by atoms with van der Waals surface area (Å²) < 4.78 is 10.3. The summed E-state index contributed by atoms with van der Waals surface area (Å²) in [7, 11) is 2.97. The van der Waals surface area contributed by atoms with E-state index in [1.54, 1.807) is 6.92 Å². The summed E-state index contributed by atoms with van der Waals surface area (Å²) in [6.45, 7) is 3.77. The molecule has 0 aromatic rings. The van der Waals surface area contributed by atoms with Crippen molar-refractivity contribution in [3.05, 3.63) is 0 Å². The molecule has 1 N–H and O–H groups in total. The van der Waals surface area contributed by atoms with Gasteiger partial charge in [0.05, 0.1) is 11.5 Å². The third kappa shape index (κ3) is 2.47. The summed E-state index contributed by atoms with van der Waals surface area (Å²) in [5.41, 5.74) is -2.07. The zero-order chi connectivity index (χ0) is 13.1. The Balaban J connectivity index is 3.03. The Morgan fingerprint density at radius 1 is 1.47 bits per heavy atom. The van der Waals surface area contributed by atoms with Crippen LogP contribution in [0.4, 0.5) is 0 Å². The highest BCUT2D eigenvalue weighted by Crippen LogP contribution is 2.48. The summed E-state index contributed by atoms with van der Waals surface area (Å²) in [6, 6.07) is 2.33. The summed E-state index contributed by atoms with van der Waals surface area (Å²) >= 11 is 0. The molecule has 0 heterocycles. The van der Waals surface area contributed by atoms with E-state index in [4.69, 9.17) is 9.47 Å². The van der Waals surface area contributed by atoms with Gasteiger partial charge in [-0.2, -0.15) is 5.26 Å². The van der Waals surface area contributed by atoms with Gasteiger partial charge in [0.1, 0.15) is 5.60 Å². The molecule has 3 atom stereocenters. The Morgan fingerprint density at radius 3 is 2.47 bits per heavy atom. The third-order valence-corrected chi connectivity index (χ3v) is 4.07. The van der Waals surface area contributed by atoms with Crippen molar-refractivity contribution in [3.8, 4) is 6.07 Å². The summed E-state index contributed by atoms with van der Waals surface area (Å²) in [4.78, 5) is 0. The minimum Gasteiger partial charge on any atom is -0.383 e. The number of nitrogens with zero attached hydrogens (tertiary/aromatic N) is 1. The van der Waals surface area contributed by atoms with Gasteiger partial charge in [-0.25, -0.2) is 0 Å². The van der Waals surface area contributed by atoms with E-state index >= 15 is 0 Å². The normalized spacial score (nSPS) is 33.1. The highest BCUT2D eigenvalue weighted by Gasteiger charge is 2.54. The maximum absolute atomic E-state index is 10.7. The van der Waals surface area contributed by atoms with Crippen molar-refractivity contribution in [3.63, 3.8) is 0 Å². The van der Waals surface area contributed by atoms with Crippen LogP contribution in [0.2, 0.25) is 0 Å². The van der Waals surface area contributed by atoms with E-state index in [1.807, 2.05) is 0 Å². The lowest BCUT2D eigenvalue weighted by Crippen LogP contribution is -2.56. The molecule has 3 unspecified atom stereocenters. The summed E-state index contributed by atoms with van der Waals surface area (Å²) in [5, 5.41) is 20.2. The first-order valence-electron chi connectivity index (χ1n) is 6.12.